The molecule has 0 unspecified atom stereocenters. The molecule has 0 spiro atoms. The third-order valence-corrected chi connectivity index (χ3v) is 1.78. The fourth-order valence-corrected chi connectivity index (χ4v) is 0.962. The van der Waals surface area contributed by atoms with E-state index in [1.54, 1.807) is 12.2 Å². The van der Waals surface area contributed by atoms with Crippen LogP contribution in [0.1, 0.15) is 25.7 Å². The number of rotatable bonds is 7. The molecule has 0 aromatic heterocycles. The Morgan fingerprint density at radius 2 is 1.25 bits per heavy atom. The lowest BCUT2D eigenvalue weighted by Crippen LogP contribution is -2.25. The second-order valence-corrected chi connectivity index (χ2v) is 2.87. The molecule has 0 aromatic carbocycles. The molecule has 2 atom stereocenters. The van der Waals surface area contributed by atoms with E-state index in [4.69, 9.17) is 0 Å². The highest BCUT2D eigenvalue weighted by atomic mass is 16.3. The van der Waals surface area contributed by atoms with Gasteiger partial charge in [0.2, 0.25) is 0 Å². The molecule has 0 rings (SSSR count). The molecular weight excluding hydrogens is 152 g/mol. The van der Waals surface area contributed by atoms with Gasteiger partial charge in [-0.25, -0.2) is 0 Å². The highest BCUT2D eigenvalue weighted by molar-refractivity contribution is 4.76. The summed E-state index contributed by atoms with van der Waals surface area (Å²) in [4.78, 5) is 0. The van der Waals surface area contributed by atoms with Gasteiger partial charge in [-0.1, -0.05) is 12.2 Å². The van der Waals surface area contributed by atoms with Crippen LogP contribution in [0.2, 0.25) is 0 Å². The Kier molecular flexibility index (Phi) is 6.72. The third kappa shape index (κ3) is 5.10. The summed E-state index contributed by atoms with van der Waals surface area (Å²) in [5.74, 6) is 0. The number of allylic oxidation sites excluding steroid dienone is 2. The Balaban J connectivity index is 3.52. The summed E-state index contributed by atoms with van der Waals surface area (Å²) >= 11 is 0. The maximum atomic E-state index is 9.34. The van der Waals surface area contributed by atoms with Crippen LogP contribution in [0, 0.1) is 0 Å². The summed E-state index contributed by atoms with van der Waals surface area (Å²) in [5.41, 5.74) is 0. The number of aliphatic hydroxyl groups excluding tert-OH is 2. The lowest BCUT2D eigenvalue weighted by molar-refractivity contribution is 0.0112. The van der Waals surface area contributed by atoms with Gasteiger partial charge in [0.25, 0.3) is 0 Å². The molecule has 0 fully saturated rings. The van der Waals surface area contributed by atoms with Crippen molar-refractivity contribution in [1.82, 2.24) is 0 Å². The smallest absolute Gasteiger partial charge is 0.0802 e. The molecule has 2 heteroatoms. The Hall–Kier alpha value is -0.600. The molecular formula is C10H18O2. The van der Waals surface area contributed by atoms with Crippen molar-refractivity contribution in [3.63, 3.8) is 0 Å². The third-order valence-electron chi connectivity index (χ3n) is 1.78. The summed E-state index contributed by atoms with van der Waals surface area (Å²) < 4.78 is 0. The summed E-state index contributed by atoms with van der Waals surface area (Å²) in [5, 5.41) is 18.7. The van der Waals surface area contributed by atoms with Crippen LogP contribution >= 0.6 is 0 Å². The first-order chi connectivity index (χ1) is 5.72. The predicted octanol–water partition coefficient (Wildman–Crippen LogP) is 1.64. The van der Waals surface area contributed by atoms with Crippen molar-refractivity contribution in [2.24, 2.45) is 0 Å². The second kappa shape index (κ2) is 7.07. The molecule has 0 aliphatic rings. The van der Waals surface area contributed by atoms with Crippen molar-refractivity contribution < 1.29 is 10.2 Å². The van der Waals surface area contributed by atoms with Crippen LogP contribution in [0.3, 0.4) is 0 Å². The number of hydrogen-bond donors (Lipinski definition) is 2. The van der Waals surface area contributed by atoms with Crippen LogP contribution in [0.25, 0.3) is 0 Å². The van der Waals surface area contributed by atoms with E-state index in [0.717, 1.165) is 12.8 Å². The van der Waals surface area contributed by atoms with E-state index in [2.05, 4.69) is 13.2 Å². The largest absolute Gasteiger partial charge is 0.390 e. The van der Waals surface area contributed by atoms with Crippen LogP contribution in [0.5, 0.6) is 0 Å². The van der Waals surface area contributed by atoms with Gasteiger partial charge in [-0.2, -0.15) is 0 Å². The van der Waals surface area contributed by atoms with Crippen LogP contribution in [-0.2, 0) is 0 Å². The zero-order chi connectivity index (χ0) is 9.40. The fraction of sp³-hybridized carbons (Fsp3) is 0.600. The van der Waals surface area contributed by atoms with Crippen molar-refractivity contribution in [2.75, 3.05) is 0 Å². The zero-order valence-corrected chi connectivity index (χ0v) is 7.45. The normalized spacial score (nSPS) is 15.2. The van der Waals surface area contributed by atoms with Gasteiger partial charge in [0, 0.05) is 0 Å². The van der Waals surface area contributed by atoms with Gasteiger partial charge >= 0.3 is 0 Å². The molecule has 0 aromatic rings. The van der Waals surface area contributed by atoms with Crippen molar-refractivity contribution in [3.8, 4) is 0 Å². The molecule has 2 nitrogen and oxygen atoms in total. The summed E-state index contributed by atoms with van der Waals surface area (Å²) in [6.07, 6.45) is 4.89. The average Bonchev–Trinajstić information content (AvgIpc) is 2.10. The molecule has 70 valence electrons. The lowest BCUT2D eigenvalue weighted by atomic mass is 10.0. The second-order valence-electron chi connectivity index (χ2n) is 2.87. The molecule has 0 radical (unpaired) electrons. The number of hydrogen-bond acceptors (Lipinski definition) is 2. The number of aliphatic hydroxyl groups is 2. The Labute approximate surface area is 74.2 Å². The predicted molar refractivity (Wildman–Crippen MR) is 50.9 cm³/mol. The molecule has 2 N–H and O–H groups in total. The van der Waals surface area contributed by atoms with Gasteiger partial charge in [-0.3, -0.25) is 0 Å². The molecule has 0 saturated heterocycles. The van der Waals surface area contributed by atoms with Gasteiger partial charge in [0.15, 0.2) is 0 Å². The van der Waals surface area contributed by atoms with Crippen molar-refractivity contribution in [1.29, 1.82) is 0 Å². The summed E-state index contributed by atoms with van der Waals surface area (Å²) in [6, 6.07) is 0. The molecule has 0 heterocycles. The zero-order valence-electron chi connectivity index (χ0n) is 7.45. The van der Waals surface area contributed by atoms with E-state index >= 15 is 0 Å². The first-order valence-electron chi connectivity index (χ1n) is 4.30. The topological polar surface area (TPSA) is 40.5 Å². The van der Waals surface area contributed by atoms with E-state index in [0.29, 0.717) is 12.8 Å². The Morgan fingerprint density at radius 1 is 0.917 bits per heavy atom. The fourth-order valence-electron chi connectivity index (χ4n) is 0.962. The van der Waals surface area contributed by atoms with E-state index < -0.39 is 12.2 Å². The minimum absolute atomic E-state index is 0.585. The molecule has 0 aliphatic heterocycles. The van der Waals surface area contributed by atoms with Crippen molar-refractivity contribution in [2.45, 2.75) is 37.9 Å². The summed E-state index contributed by atoms with van der Waals surface area (Å²) in [6.45, 7) is 7.09. The van der Waals surface area contributed by atoms with Gasteiger partial charge < -0.3 is 10.2 Å². The van der Waals surface area contributed by atoms with Gasteiger partial charge in [0.05, 0.1) is 12.2 Å². The molecule has 0 bridgehead atoms. The lowest BCUT2D eigenvalue weighted by Gasteiger charge is -2.15. The van der Waals surface area contributed by atoms with Crippen LogP contribution in [0.4, 0.5) is 0 Å². The maximum Gasteiger partial charge on any atom is 0.0802 e. The maximum absolute atomic E-state index is 9.34. The van der Waals surface area contributed by atoms with Crippen LogP contribution < -0.4 is 0 Å². The summed E-state index contributed by atoms with van der Waals surface area (Å²) in [7, 11) is 0. The van der Waals surface area contributed by atoms with E-state index in [-0.39, 0.29) is 0 Å². The average molecular weight is 170 g/mol. The highest BCUT2D eigenvalue weighted by Gasteiger charge is 2.13. The molecule has 0 aliphatic carbocycles. The first-order valence-corrected chi connectivity index (χ1v) is 4.30. The SMILES string of the molecule is C=CCC[C@@H](O)[C@@H](O)CCC=C. The highest BCUT2D eigenvalue weighted by Crippen LogP contribution is 2.08. The van der Waals surface area contributed by atoms with Crippen molar-refractivity contribution in [3.05, 3.63) is 25.3 Å². The minimum Gasteiger partial charge on any atom is -0.390 e. The Bertz CT molecular complexity index is 116. The quantitative estimate of drug-likeness (QED) is 0.570. The van der Waals surface area contributed by atoms with Crippen molar-refractivity contribution >= 4 is 0 Å². The van der Waals surface area contributed by atoms with Crippen LogP contribution in [-0.4, -0.2) is 22.4 Å². The van der Waals surface area contributed by atoms with Crippen LogP contribution in [0.15, 0.2) is 25.3 Å². The molecule has 0 amide bonds. The van der Waals surface area contributed by atoms with Gasteiger partial charge in [-0.05, 0) is 25.7 Å². The van der Waals surface area contributed by atoms with E-state index in [1.807, 2.05) is 0 Å². The van der Waals surface area contributed by atoms with E-state index in [9.17, 15) is 10.2 Å². The molecule has 12 heavy (non-hydrogen) atoms. The van der Waals surface area contributed by atoms with Gasteiger partial charge in [-0.15, -0.1) is 13.2 Å². The first kappa shape index (κ1) is 11.4. The minimum atomic E-state index is -0.622. The Morgan fingerprint density at radius 3 is 1.50 bits per heavy atom. The van der Waals surface area contributed by atoms with E-state index in [1.165, 1.54) is 0 Å². The monoisotopic (exact) mass is 170 g/mol. The van der Waals surface area contributed by atoms with Gasteiger partial charge in [0.1, 0.15) is 0 Å². The standard InChI is InChI=1S/C10H18O2/c1-3-5-7-9(11)10(12)8-6-4-2/h3-4,9-12H,1-2,5-8H2/t9-,10+. The molecule has 0 saturated carbocycles.